The number of hydrogen-bond acceptors (Lipinski definition) is 4. The summed E-state index contributed by atoms with van der Waals surface area (Å²) < 4.78 is 0.515. The van der Waals surface area contributed by atoms with Crippen LogP contribution >= 0.6 is 22.9 Å². The maximum Gasteiger partial charge on any atom is 0.325 e. The molecule has 0 unspecified atom stereocenters. The fourth-order valence-electron chi connectivity index (χ4n) is 1.75. The Hall–Kier alpha value is -1.60. The van der Waals surface area contributed by atoms with Crippen molar-refractivity contribution in [3.05, 3.63) is 21.3 Å². The molecule has 1 aliphatic heterocycles. The number of nitrogens with zero attached hydrogens (tertiary/aromatic N) is 1. The Morgan fingerprint density at radius 2 is 2.22 bits per heavy atom. The van der Waals surface area contributed by atoms with Gasteiger partial charge in [0.05, 0.1) is 4.34 Å². The number of nitrogens with one attached hydrogen (secondary N) is 1. The lowest BCUT2D eigenvalue weighted by molar-refractivity contribution is -0.134. The van der Waals surface area contributed by atoms with Crippen molar-refractivity contribution in [2.75, 3.05) is 6.54 Å². The second kappa shape index (κ2) is 4.25. The summed E-state index contributed by atoms with van der Waals surface area (Å²) in [6.45, 7) is 1.13. The van der Waals surface area contributed by atoms with E-state index in [0.29, 0.717) is 9.21 Å². The second-order valence-corrected chi connectivity index (χ2v) is 5.73. The van der Waals surface area contributed by atoms with Gasteiger partial charge in [0.2, 0.25) is 5.91 Å². The maximum absolute atomic E-state index is 12.2. The third-order valence-corrected chi connectivity index (χ3v) is 4.11. The Bertz CT molecular complexity index is 544. The van der Waals surface area contributed by atoms with Gasteiger partial charge in [-0.25, -0.2) is 4.79 Å². The molecule has 3 N–H and O–H groups in total. The van der Waals surface area contributed by atoms with Crippen molar-refractivity contribution in [3.63, 3.8) is 0 Å². The van der Waals surface area contributed by atoms with Crippen LogP contribution in [-0.4, -0.2) is 29.3 Å². The van der Waals surface area contributed by atoms with Crippen LogP contribution in [0, 0.1) is 0 Å². The quantitative estimate of drug-likeness (QED) is 0.800. The van der Waals surface area contributed by atoms with Crippen LogP contribution in [0.4, 0.5) is 4.79 Å². The van der Waals surface area contributed by atoms with Crippen molar-refractivity contribution in [2.45, 2.75) is 12.5 Å². The number of carbonyl (C=O) groups excluding carboxylic acids is 3. The van der Waals surface area contributed by atoms with Crippen molar-refractivity contribution in [2.24, 2.45) is 5.73 Å². The first-order chi connectivity index (χ1) is 8.34. The van der Waals surface area contributed by atoms with Gasteiger partial charge in [-0.3, -0.25) is 14.5 Å². The molecule has 2 rings (SSSR count). The highest BCUT2D eigenvalue weighted by atomic mass is 35.5. The molecule has 1 aromatic heterocycles. The number of hydrogen-bond donors (Lipinski definition) is 2. The van der Waals surface area contributed by atoms with E-state index in [1.165, 1.54) is 11.3 Å². The van der Waals surface area contributed by atoms with Gasteiger partial charge in [-0.1, -0.05) is 11.6 Å². The molecular weight excluding hydrogens is 278 g/mol. The van der Waals surface area contributed by atoms with E-state index in [1.807, 2.05) is 0 Å². The third kappa shape index (κ3) is 1.95. The monoisotopic (exact) mass is 287 g/mol. The van der Waals surface area contributed by atoms with Gasteiger partial charge in [-0.15, -0.1) is 11.3 Å². The molecule has 6 nitrogen and oxygen atoms in total. The largest absolute Gasteiger partial charge is 0.368 e. The van der Waals surface area contributed by atoms with Gasteiger partial charge in [0.25, 0.3) is 5.91 Å². The lowest BCUT2D eigenvalue weighted by atomic mass is 10.0. The predicted octanol–water partition coefficient (Wildman–Crippen LogP) is 0.654. The molecule has 2 heterocycles. The van der Waals surface area contributed by atoms with Crippen LogP contribution in [0.2, 0.25) is 4.34 Å². The predicted molar refractivity (Wildman–Crippen MR) is 66.1 cm³/mol. The van der Waals surface area contributed by atoms with Crippen molar-refractivity contribution in [3.8, 4) is 0 Å². The second-order valence-electron chi connectivity index (χ2n) is 4.02. The van der Waals surface area contributed by atoms with Crippen molar-refractivity contribution in [1.29, 1.82) is 0 Å². The molecular formula is C10H10ClN3O3S. The molecule has 0 saturated carbocycles. The number of rotatable bonds is 3. The Balaban J connectivity index is 2.34. The highest BCUT2D eigenvalue weighted by Crippen LogP contribution is 2.35. The van der Waals surface area contributed by atoms with E-state index in [4.69, 9.17) is 17.3 Å². The lowest BCUT2D eigenvalue weighted by Crippen LogP contribution is -2.41. The van der Waals surface area contributed by atoms with Crippen LogP contribution in [-0.2, 0) is 15.1 Å². The summed E-state index contributed by atoms with van der Waals surface area (Å²) in [7, 11) is 0. The molecule has 0 aliphatic carbocycles. The van der Waals surface area contributed by atoms with E-state index in [0.717, 1.165) is 4.90 Å². The van der Waals surface area contributed by atoms with Crippen molar-refractivity contribution < 1.29 is 14.4 Å². The summed E-state index contributed by atoms with van der Waals surface area (Å²) >= 11 is 7.01. The van der Waals surface area contributed by atoms with Crippen LogP contribution in [0.3, 0.4) is 0 Å². The molecule has 1 aromatic rings. The number of imide groups is 1. The maximum atomic E-state index is 12.2. The van der Waals surface area contributed by atoms with E-state index in [1.54, 1.807) is 19.1 Å². The molecule has 1 saturated heterocycles. The number of halogens is 1. The number of carbonyl (C=O) groups is 3. The van der Waals surface area contributed by atoms with E-state index < -0.39 is 29.9 Å². The third-order valence-electron chi connectivity index (χ3n) is 2.65. The van der Waals surface area contributed by atoms with Crippen LogP contribution in [0.1, 0.15) is 11.8 Å². The van der Waals surface area contributed by atoms with Gasteiger partial charge >= 0.3 is 6.03 Å². The summed E-state index contributed by atoms with van der Waals surface area (Å²) in [5, 5.41) is 2.55. The van der Waals surface area contributed by atoms with E-state index in [2.05, 4.69) is 5.32 Å². The topological polar surface area (TPSA) is 92.5 Å². The smallest absolute Gasteiger partial charge is 0.325 e. The standard InChI is InChI=1S/C10H10ClN3O3S/c1-10(5-2-3-6(11)18-5)8(16)14(4-7(12)15)9(17)13-10/h2-3H,4H2,1H3,(H2,12,15)(H,13,17)/t10-/m0/s1. The number of amides is 4. The first-order valence-corrected chi connectivity index (χ1v) is 6.22. The Morgan fingerprint density at radius 1 is 1.56 bits per heavy atom. The molecule has 96 valence electrons. The van der Waals surface area contributed by atoms with E-state index >= 15 is 0 Å². The SMILES string of the molecule is C[C@@]1(c2ccc(Cl)s2)NC(=O)N(CC(N)=O)C1=O. The van der Waals surface area contributed by atoms with Gasteiger partial charge < -0.3 is 11.1 Å². The average molecular weight is 288 g/mol. The van der Waals surface area contributed by atoms with Crippen LogP contribution in [0.15, 0.2) is 12.1 Å². The molecule has 1 fully saturated rings. The Morgan fingerprint density at radius 3 is 2.72 bits per heavy atom. The average Bonchev–Trinajstić information content (AvgIpc) is 2.78. The summed E-state index contributed by atoms with van der Waals surface area (Å²) in [4.78, 5) is 36.1. The Labute approximate surface area is 112 Å². The van der Waals surface area contributed by atoms with E-state index in [-0.39, 0.29) is 0 Å². The van der Waals surface area contributed by atoms with Gasteiger partial charge in [0.1, 0.15) is 6.54 Å². The molecule has 18 heavy (non-hydrogen) atoms. The first-order valence-electron chi connectivity index (χ1n) is 5.03. The lowest BCUT2D eigenvalue weighted by Gasteiger charge is -2.19. The van der Waals surface area contributed by atoms with Crippen molar-refractivity contribution >= 4 is 40.8 Å². The zero-order valence-electron chi connectivity index (χ0n) is 9.40. The minimum atomic E-state index is -1.19. The van der Waals surface area contributed by atoms with Gasteiger partial charge in [-0.2, -0.15) is 0 Å². The number of urea groups is 1. The van der Waals surface area contributed by atoms with Gasteiger partial charge in [-0.05, 0) is 19.1 Å². The minimum Gasteiger partial charge on any atom is -0.368 e. The molecule has 1 atom stereocenters. The van der Waals surface area contributed by atoms with Gasteiger partial charge in [0, 0.05) is 4.88 Å². The number of nitrogens with two attached hydrogens (primary N) is 1. The van der Waals surface area contributed by atoms with Crippen LogP contribution in [0.5, 0.6) is 0 Å². The first kappa shape index (κ1) is 12.8. The molecule has 0 bridgehead atoms. The fourth-order valence-corrected chi connectivity index (χ4v) is 2.88. The van der Waals surface area contributed by atoms with E-state index in [9.17, 15) is 14.4 Å². The zero-order valence-corrected chi connectivity index (χ0v) is 11.0. The summed E-state index contributed by atoms with van der Waals surface area (Å²) in [6.07, 6.45) is 0. The summed E-state index contributed by atoms with van der Waals surface area (Å²) in [5.41, 5.74) is 3.81. The van der Waals surface area contributed by atoms with Crippen LogP contribution < -0.4 is 11.1 Å². The highest BCUT2D eigenvalue weighted by Gasteiger charge is 2.50. The van der Waals surface area contributed by atoms with Gasteiger partial charge in [0.15, 0.2) is 5.54 Å². The zero-order chi connectivity index (χ0) is 13.5. The molecule has 4 amide bonds. The molecule has 0 radical (unpaired) electrons. The molecule has 1 aliphatic rings. The normalized spacial score (nSPS) is 23.3. The molecule has 8 heteroatoms. The molecule has 0 spiro atoms. The summed E-state index contributed by atoms with van der Waals surface area (Å²) in [5.74, 6) is -1.25. The minimum absolute atomic E-state index is 0.431. The number of thiophene rings is 1. The van der Waals surface area contributed by atoms with Crippen molar-refractivity contribution in [1.82, 2.24) is 10.2 Å². The fraction of sp³-hybridized carbons (Fsp3) is 0.300. The summed E-state index contributed by atoms with van der Waals surface area (Å²) in [6, 6.07) is 2.67. The Kier molecular flexibility index (Phi) is 3.04. The number of primary amides is 1. The van der Waals surface area contributed by atoms with Crippen LogP contribution in [0.25, 0.3) is 0 Å². The molecule has 0 aromatic carbocycles. The highest BCUT2D eigenvalue weighted by molar-refractivity contribution is 7.16.